The van der Waals surface area contributed by atoms with E-state index < -0.39 is 30.6 Å². The van der Waals surface area contributed by atoms with Gasteiger partial charge in [-0.2, -0.15) is 5.43 Å². The molecule has 2 fully saturated rings. The zero-order chi connectivity index (χ0) is 22.8. The van der Waals surface area contributed by atoms with E-state index in [0.717, 1.165) is 5.01 Å². The molecule has 4 amide bonds. The highest BCUT2D eigenvalue weighted by Crippen LogP contribution is 2.25. The molecule has 1 atom stereocenters. The van der Waals surface area contributed by atoms with Gasteiger partial charge in [-0.25, -0.2) is 4.39 Å². The maximum Gasteiger partial charge on any atom is 0.326 e. The highest BCUT2D eigenvalue weighted by molar-refractivity contribution is 6.35. The van der Waals surface area contributed by atoms with Crippen molar-refractivity contribution in [3.8, 4) is 0 Å². The quantitative estimate of drug-likeness (QED) is 0.590. The Balaban J connectivity index is 1.45. The minimum absolute atomic E-state index is 0.248. The summed E-state index contributed by atoms with van der Waals surface area (Å²) in [5.41, 5.74) is 4.52. The number of hydrogen-bond donors (Lipinski definition) is 3. The van der Waals surface area contributed by atoms with Gasteiger partial charge in [0.1, 0.15) is 12.4 Å². The summed E-state index contributed by atoms with van der Waals surface area (Å²) in [6.07, 6.45) is -0.679. The smallest absolute Gasteiger partial charge is 0.326 e. The first-order chi connectivity index (χ1) is 15.3. The van der Waals surface area contributed by atoms with E-state index >= 15 is 0 Å². The standard InChI is InChI=1S/C21H21FN6O4/c1-13(29)23-15-3-2-4-16(11-15)24-18(30)12-28-20(32)19(31)27-10-9-26(21(27)25-28)17-7-5-14(22)6-8-17/h2-8,11,21,25H,9-10,12H2,1H3,(H,23,29)(H,24,30). The lowest BCUT2D eigenvalue weighted by Gasteiger charge is -2.40. The van der Waals surface area contributed by atoms with Gasteiger partial charge in [0.05, 0.1) is 0 Å². The third-order valence-corrected chi connectivity index (χ3v) is 5.06. The summed E-state index contributed by atoms with van der Waals surface area (Å²) >= 11 is 0. The van der Waals surface area contributed by atoms with E-state index in [1.165, 1.54) is 24.0 Å². The number of carbonyl (C=O) groups excluding carboxylic acids is 4. The molecular formula is C21H21FN6O4. The lowest BCUT2D eigenvalue weighted by atomic mass is 10.2. The summed E-state index contributed by atoms with van der Waals surface area (Å²) in [7, 11) is 0. The van der Waals surface area contributed by atoms with Crippen molar-refractivity contribution in [2.75, 3.05) is 35.2 Å². The number of hydrazine groups is 1. The second kappa shape index (κ2) is 8.63. The van der Waals surface area contributed by atoms with E-state index in [1.54, 1.807) is 36.4 Å². The Labute approximate surface area is 182 Å². The molecule has 2 aromatic rings. The highest BCUT2D eigenvalue weighted by atomic mass is 19.1. The van der Waals surface area contributed by atoms with Crippen LogP contribution in [0.1, 0.15) is 6.92 Å². The van der Waals surface area contributed by atoms with Crippen molar-refractivity contribution in [1.29, 1.82) is 0 Å². The van der Waals surface area contributed by atoms with Crippen LogP contribution in [-0.2, 0) is 19.2 Å². The summed E-state index contributed by atoms with van der Waals surface area (Å²) < 4.78 is 13.3. The van der Waals surface area contributed by atoms with Crippen molar-refractivity contribution in [2.24, 2.45) is 0 Å². The fourth-order valence-electron chi connectivity index (χ4n) is 3.66. The SMILES string of the molecule is CC(=O)Nc1cccc(NC(=O)CN2NC3N(CCN3c3ccc(F)cc3)C(=O)C2=O)c1. The van der Waals surface area contributed by atoms with Gasteiger partial charge in [0.15, 0.2) is 6.29 Å². The van der Waals surface area contributed by atoms with Crippen molar-refractivity contribution < 1.29 is 23.6 Å². The zero-order valence-electron chi connectivity index (χ0n) is 17.2. The first-order valence-corrected chi connectivity index (χ1v) is 9.90. The lowest BCUT2D eigenvalue weighted by Crippen LogP contribution is -2.68. The molecule has 2 heterocycles. The van der Waals surface area contributed by atoms with E-state index in [2.05, 4.69) is 16.1 Å². The number of anilines is 3. The Morgan fingerprint density at radius 3 is 2.34 bits per heavy atom. The van der Waals surface area contributed by atoms with Crippen LogP contribution in [-0.4, -0.2) is 59.5 Å². The molecule has 2 aliphatic heterocycles. The third kappa shape index (κ3) is 4.37. The maximum absolute atomic E-state index is 13.3. The highest BCUT2D eigenvalue weighted by Gasteiger charge is 2.45. The Morgan fingerprint density at radius 1 is 1.00 bits per heavy atom. The minimum atomic E-state index is -0.843. The summed E-state index contributed by atoms with van der Waals surface area (Å²) in [6.45, 7) is 1.72. The van der Waals surface area contributed by atoms with Crippen LogP contribution >= 0.6 is 0 Å². The molecule has 4 rings (SSSR count). The van der Waals surface area contributed by atoms with Gasteiger partial charge in [-0.05, 0) is 42.5 Å². The molecule has 2 saturated heterocycles. The molecule has 0 aromatic heterocycles. The molecule has 11 heteroatoms. The lowest BCUT2D eigenvalue weighted by molar-refractivity contribution is -0.163. The fraction of sp³-hybridized carbons (Fsp3) is 0.238. The summed E-state index contributed by atoms with van der Waals surface area (Å²) in [4.78, 5) is 52.0. The number of fused-ring (bicyclic) bond motifs is 1. The van der Waals surface area contributed by atoms with Gasteiger partial charge in [-0.3, -0.25) is 29.1 Å². The van der Waals surface area contributed by atoms with E-state index in [4.69, 9.17) is 0 Å². The Kier molecular flexibility index (Phi) is 5.73. The second-order valence-electron chi connectivity index (χ2n) is 7.37. The van der Waals surface area contributed by atoms with Crippen molar-refractivity contribution in [2.45, 2.75) is 13.2 Å². The van der Waals surface area contributed by atoms with E-state index in [0.29, 0.717) is 30.2 Å². The molecule has 0 spiro atoms. The van der Waals surface area contributed by atoms with Crippen molar-refractivity contribution in [3.63, 3.8) is 0 Å². The Bertz CT molecular complexity index is 1080. The first kappa shape index (κ1) is 21.2. The summed E-state index contributed by atoms with van der Waals surface area (Å²) in [5.74, 6) is -2.72. The Hall–Kier alpha value is -3.99. The average Bonchev–Trinajstić information content (AvgIpc) is 3.16. The van der Waals surface area contributed by atoms with E-state index in [1.807, 2.05) is 4.90 Å². The van der Waals surface area contributed by atoms with Gasteiger partial charge in [-0.1, -0.05) is 6.07 Å². The molecule has 166 valence electrons. The van der Waals surface area contributed by atoms with Crippen LogP contribution in [0.3, 0.4) is 0 Å². The van der Waals surface area contributed by atoms with Crippen LogP contribution in [0.4, 0.5) is 21.5 Å². The van der Waals surface area contributed by atoms with Crippen molar-refractivity contribution in [3.05, 3.63) is 54.3 Å². The first-order valence-electron chi connectivity index (χ1n) is 9.90. The number of nitrogens with one attached hydrogen (secondary N) is 3. The topological polar surface area (TPSA) is 114 Å². The number of halogens is 1. The average molecular weight is 440 g/mol. The van der Waals surface area contributed by atoms with E-state index in [9.17, 15) is 23.6 Å². The molecule has 10 nitrogen and oxygen atoms in total. The normalized spacial score (nSPS) is 17.9. The predicted octanol–water partition coefficient (Wildman–Crippen LogP) is 0.702. The van der Waals surface area contributed by atoms with Crippen LogP contribution in [0.25, 0.3) is 0 Å². The zero-order valence-corrected chi connectivity index (χ0v) is 17.2. The monoisotopic (exact) mass is 440 g/mol. The van der Waals surface area contributed by atoms with Gasteiger partial charge in [0, 0.05) is 37.1 Å². The van der Waals surface area contributed by atoms with Crippen LogP contribution < -0.4 is 21.0 Å². The third-order valence-electron chi connectivity index (χ3n) is 5.06. The van der Waals surface area contributed by atoms with Gasteiger partial charge in [0.2, 0.25) is 11.8 Å². The summed E-state index contributed by atoms with van der Waals surface area (Å²) in [5, 5.41) is 6.23. The number of hydrogen-bond acceptors (Lipinski definition) is 6. The minimum Gasteiger partial charge on any atom is -0.336 e. The molecule has 0 radical (unpaired) electrons. The second-order valence-corrected chi connectivity index (χ2v) is 7.37. The molecular weight excluding hydrogens is 419 g/mol. The largest absolute Gasteiger partial charge is 0.336 e. The van der Waals surface area contributed by atoms with Gasteiger partial charge < -0.3 is 15.5 Å². The molecule has 0 bridgehead atoms. The molecule has 2 aromatic carbocycles. The molecule has 1 unspecified atom stereocenters. The van der Waals surface area contributed by atoms with Gasteiger partial charge in [0.25, 0.3) is 0 Å². The molecule has 0 saturated carbocycles. The van der Waals surface area contributed by atoms with Gasteiger partial charge >= 0.3 is 11.8 Å². The van der Waals surface area contributed by atoms with Crippen LogP contribution in [0, 0.1) is 5.82 Å². The number of benzene rings is 2. The Morgan fingerprint density at radius 2 is 1.66 bits per heavy atom. The van der Waals surface area contributed by atoms with Gasteiger partial charge in [-0.15, -0.1) is 0 Å². The predicted molar refractivity (Wildman–Crippen MR) is 113 cm³/mol. The van der Waals surface area contributed by atoms with Crippen LogP contribution in [0.15, 0.2) is 48.5 Å². The van der Waals surface area contributed by atoms with Crippen molar-refractivity contribution >= 4 is 40.7 Å². The van der Waals surface area contributed by atoms with Crippen molar-refractivity contribution in [1.82, 2.24) is 15.3 Å². The molecule has 2 aliphatic rings. The summed E-state index contributed by atoms with van der Waals surface area (Å²) in [6, 6.07) is 12.3. The van der Waals surface area contributed by atoms with Crippen LogP contribution in [0.2, 0.25) is 0 Å². The number of nitrogens with zero attached hydrogens (tertiary/aromatic N) is 3. The molecule has 32 heavy (non-hydrogen) atoms. The molecule has 0 aliphatic carbocycles. The fourth-order valence-corrected chi connectivity index (χ4v) is 3.66. The number of carbonyl (C=O) groups is 4. The molecule has 3 N–H and O–H groups in total. The number of rotatable bonds is 5. The number of amides is 4. The van der Waals surface area contributed by atoms with E-state index in [-0.39, 0.29) is 11.7 Å². The maximum atomic E-state index is 13.3. The van der Waals surface area contributed by atoms with Crippen LogP contribution in [0.5, 0.6) is 0 Å².